The van der Waals surface area contributed by atoms with Crippen molar-refractivity contribution in [3.8, 4) is 0 Å². The Morgan fingerprint density at radius 2 is 2.11 bits per heavy atom. The van der Waals surface area contributed by atoms with Crippen LogP contribution in [0.15, 0.2) is 24.3 Å². The van der Waals surface area contributed by atoms with Crippen molar-refractivity contribution in [2.45, 2.75) is 32.1 Å². The molecule has 0 heterocycles. The van der Waals surface area contributed by atoms with E-state index in [1.165, 1.54) is 0 Å². The zero-order valence-electron chi connectivity index (χ0n) is 10.9. The number of benzene rings is 1. The molecule has 0 aliphatic carbocycles. The quantitative estimate of drug-likeness (QED) is 0.808. The van der Waals surface area contributed by atoms with Crippen molar-refractivity contribution >= 4 is 17.6 Å². The van der Waals surface area contributed by atoms with E-state index in [4.69, 9.17) is 22.1 Å². The smallest absolute Gasteiger partial charge is 0.316 e. The predicted molar refractivity (Wildman–Crippen MR) is 73.7 cm³/mol. The number of hydrogen-bond acceptors (Lipinski definition) is 3. The molecule has 2 N–H and O–H groups in total. The van der Waals surface area contributed by atoms with E-state index in [0.717, 1.165) is 12.0 Å². The van der Waals surface area contributed by atoms with Crippen LogP contribution < -0.4 is 5.73 Å². The molecular weight excluding hydrogens is 250 g/mol. The average molecular weight is 270 g/mol. The van der Waals surface area contributed by atoms with Gasteiger partial charge in [0.25, 0.3) is 0 Å². The summed E-state index contributed by atoms with van der Waals surface area (Å²) in [6, 6.07) is 7.38. The lowest BCUT2D eigenvalue weighted by molar-refractivity contribution is -0.149. The topological polar surface area (TPSA) is 52.3 Å². The van der Waals surface area contributed by atoms with Gasteiger partial charge in [0.1, 0.15) is 0 Å². The highest BCUT2D eigenvalue weighted by molar-refractivity contribution is 6.31. The summed E-state index contributed by atoms with van der Waals surface area (Å²) in [6.07, 6.45) is 1.38. The fraction of sp³-hybridized carbons (Fsp3) is 0.500. The van der Waals surface area contributed by atoms with Crippen LogP contribution >= 0.6 is 11.6 Å². The first kappa shape index (κ1) is 15.0. The van der Waals surface area contributed by atoms with E-state index in [0.29, 0.717) is 24.6 Å². The molecule has 18 heavy (non-hydrogen) atoms. The Kier molecular flexibility index (Phi) is 5.63. The largest absolute Gasteiger partial charge is 0.465 e. The molecule has 0 aromatic heterocycles. The van der Waals surface area contributed by atoms with E-state index in [9.17, 15) is 4.79 Å². The number of rotatable bonds is 6. The lowest BCUT2D eigenvalue weighted by Gasteiger charge is -2.28. The van der Waals surface area contributed by atoms with Crippen LogP contribution in [0.5, 0.6) is 0 Å². The third-order valence-electron chi connectivity index (χ3n) is 3.08. The molecule has 0 radical (unpaired) electrons. The normalized spacial score (nSPS) is 14.0. The molecule has 0 aliphatic heterocycles. The van der Waals surface area contributed by atoms with E-state index < -0.39 is 5.41 Å². The standard InChI is InChI=1S/C14H20ClNO2/c1-3-18-13(17)14(2,9-6-10-16)11-7-4-5-8-12(11)15/h4-5,7-8H,3,6,9-10,16H2,1-2H3. The van der Waals surface area contributed by atoms with Crippen molar-refractivity contribution in [3.63, 3.8) is 0 Å². The van der Waals surface area contributed by atoms with Crippen molar-refractivity contribution in [1.29, 1.82) is 0 Å². The lowest BCUT2D eigenvalue weighted by Crippen LogP contribution is -2.35. The first-order valence-corrected chi connectivity index (χ1v) is 6.56. The average Bonchev–Trinajstić information content (AvgIpc) is 2.36. The molecule has 1 rings (SSSR count). The monoisotopic (exact) mass is 269 g/mol. The molecular formula is C14H20ClNO2. The predicted octanol–water partition coefficient (Wildman–Crippen LogP) is 2.90. The van der Waals surface area contributed by atoms with Crippen LogP contribution in [0.2, 0.25) is 5.02 Å². The minimum atomic E-state index is -0.728. The van der Waals surface area contributed by atoms with Crippen LogP contribution in [0, 0.1) is 0 Å². The van der Waals surface area contributed by atoms with E-state index in [1.54, 1.807) is 13.0 Å². The third-order valence-corrected chi connectivity index (χ3v) is 3.40. The van der Waals surface area contributed by atoms with Crippen LogP contribution in [0.1, 0.15) is 32.3 Å². The fourth-order valence-electron chi connectivity index (χ4n) is 2.00. The highest BCUT2D eigenvalue weighted by Gasteiger charge is 2.37. The van der Waals surface area contributed by atoms with Gasteiger partial charge in [-0.2, -0.15) is 0 Å². The van der Waals surface area contributed by atoms with Gasteiger partial charge in [0.2, 0.25) is 0 Å². The second kappa shape index (κ2) is 6.76. The summed E-state index contributed by atoms with van der Waals surface area (Å²) in [5, 5.41) is 0.588. The fourth-order valence-corrected chi connectivity index (χ4v) is 2.35. The van der Waals surface area contributed by atoms with Gasteiger partial charge in [-0.3, -0.25) is 4.79 Å². The zero-order chi connectivity index (χ0) is 13.6. The Labute approximate surface area is 113 Å². The Morgan fingerprint density at radius 3 is 2.67 bits per heavy atom. The molecule has 1 unspecified atom stereocenters. The molecule has 0 spiro atoms. The van der Waals surface area contributed by atoms with Crippen molar-refractivity contribution in [2.75, 3.05) is 13.2 Å². The van der Waals surface area contributed by atoms with Gasteiger partial charge < -0.3 is 10.5 Å². The number of nitrogens with two attached hydrogens (primary N) is 1. The number of halogens is 1. The minimum Gasteiger partial charge on any atom is -0.465 e. The molecule has 0 amide bonds. The van der Waals surface area contributed by atoms with Gasteiger partial charge in [-0.1, -0.05) is 29.8 Å². The third kappa shape index (κ3) is 3.24. The van der Waals surface area contributed by atoms with Crippen LogP contribution in [0.4, 0.5) is 0 Å². The molecule has 100 valence electrons. The van der Waals surface area contributed by atoms with Gasteiger partial charge in [-0.25, -0.2) is 0 Å². The molecule has 0 fully saturated rings. The highest BCUT2D eigenvalue weighted by atomic mass is 35.5. The van der Waals surface area contributed by atoms with Crippen molar-refractivity contribution < 1.29 is 9.53 Å². The molecule has 1 atom stereocenters. The second-order valence-electron chi connectivity index (χ2n) is 4.42. The van der Waals surface area contributed by atoms with Crippen molar-refractivity contribution in [1.82, 2.24) is 0 Å². The summed E-state index contributed by atoms with van der Waals surface area (Å²) in [5.74, 6) is -0.244. The number of esters is 1. The summed E-state index contributed by atoms with van der Waals surface area (Å²) in [7, 11) is 0. The van der Waals surface area contributed by atoms with Gasteiger partial charge in [0.15, 0.2) is 0 Å². The molecule has 0 saturated heterocycles. The van der Waals surface area contributed by atoms with Crippen molar-refractivity contribution in [2.24, 2.45) is 5.73 Å². The Morgan fingerprint density at radius 1 is 1.44 bits per heavy atom. The first-order valence-electron chi connectivity index (χ1n) is 6.18. The SMILES string of the molecule is CCOC(=O)C(C)(CCCN)c1ccccc1Cl. The summed E-state index contributed by atoms with van der Waals surface area (Å²) in [6.45, 7) is 4.57. The number of carbonyl (C=O) groups excluding carboxylic acids is 1. The van der Waals surface area contributed by atoms with Crippen LogP contribution in [0.3, 0.4) is 0 Å². The number of hydrogen-bond donors (Lipinski definition) is 1. The van der Waals surface area contributed by atoms with Gasteiger partial charge in [0, 0.05) is 5.02 Å². The van der Waals surface area contributed by atoms with Gasteiger partial charge in [-0.05, 0) is 44.9 Å². The van der Waals surface area contributed by atoms with E-state index in [1.807, 2.05) is 25.1 Å². The number of carbonyl (C=O) groups is 1. The summed E-state index contributed by atoms with van der Waals surface area (Å²) in [5.41, 5.74) is 5.62. The maximum absolute atomic E-state index is 12.2. The van der Waals surface area contributed by atoms with Gasteiger partial charge in [-0.15, -0.1) is 0 Å². The minimum absolute atomic E-state index is 0.244. The highest BCUT2D eigenvalue weighted by Crippen LogP contribution is 2.35. The molecule has 1 aromatic carbocycles. The maximum atomic E-state index is 12.2. The Balaban J connectivity index is 3.11. The molecule has 4 heteroatoms. The maximum Gasteiger partial charge on any atom is 0.316 e. The van der Waals surface area contributed by atoms with E-state index in [-0.39, 0.29) is 5.97 Å². The Hall–Kier alpha value is -1.06. The van der Waals surface area contributed by atoms with Gasteiger partial charge in [0.05, 0.1) is 12.0 Å². The lowest BCUT2D eigenvalue weighted by atomic mass is 9.78. The molecule has 3 nitrogen and oxygen atoms in total. The first-order chi connectivity index (χ1) is 8.56. The molecule has 0 saturated carbocycles. The summed E-state index contributed by atoms with van der Waals surface area (Å²) in [4.78, 5) is 12.2. The summed E-state index contributed by atoms with van der Waals surface area (Å²) >= 11 is 6.19. The molecule has 0 aliphatic rings. The molecule has 1 aromatic rings. The van der Waals surface area contributed by atoms with E-state index >= 15 is 0 Å². The summed E-state index contributed by atoms with van der Waals surface area (Å²) < 4.78 is 5.18. The van der Waals surface area contributed by atoms with Crippen LogP contribution in [-0.2, 0) is 14.9 Å². The van der Waals surface area contributed by atoms with Crippen LogP contribution in [0.25, 0.3) is 0 Å². The van der Waals surface area contributed by atoms with Crippen LogP contribution in [-0.4, -0.2) is 19.1 Å². The number of ether oxygens (including phenoxy) is 1. The zero-order valence-corrected chi connectivity index (χ0v) is 11.7. The van der Waals surface area contributed by atoms with E-state index in [2.05, 4.69) is 0 Å². The van der Waals surface area contributed by atoms with Gasteiger partial charge >= 0.3 is 5.97 Å². The Bertz CT molecular complexity index is 409. The van der Waals surface area contributed by atoms with Crippen molar-refractivity contribution in [3.05, 3.63) is 34.9 Å². The second-order valence-corrected chi connectivity index (χ2v) is 4.83. The molecule has 0 bridgehead atoms.